The fourth-order valence-corrected chi connectivity index (χ4v) is 2.32. The number of carbonyl (C=O) groups is 2. The van der Waals surface area contributed by atoms with Gasteiger partial charge in [0.15, 0.2) is 0 Å². The lowest BCUT2D eigenvalue weighted by atomic mass is 10.2. The van der Waals surface area contributed by atoms with Gasteiger partial charge in [-0.05, 0) is 24.6 Å². The average molecular weight is 316 g/mol. The highest BCUT2D eigenvalue weighted by atomic mass is 19.4. The van der Waals surface area contributed by atoms with E-state index in [1.54, 1.807) is 0 Å². The van der Waals surface area contributed by atoms with Gasteiger partial charge in [-0.25, -0.2) is 0 Å². The normalized spacial score (nSPS) is 16.3. The van der Waals surface area contributed by atoms with E-state index in [0.29, 0.717) is 0 Å². The van der Waals surface area contributed by atoms with Crippen LogP contribution in [0.15, 0.2) is 24.3 Å². The molecule has 1 aliphatic heterocycles. The van der Waals surface area contributed by atoms with E-state index in [9.17, 15) is 27.9 Å². The summed E-state index contributed by atoms with van der Waals surface area (Å²) in [6, 6.07) is 5.75. The van der Waals surface area contributed by atoms with Crippen LogP contribution in [0.4, 0.5) is 13.2 Å². The minimum atomic E-state index is -4.90. The van der Waals surface area contributed by atoms with Gasteiger partial charge in [-0.3, -0.25) is 9.59 Å². The number of amides is 2. The smallest absolute Gasteiger partial charge is 0.471 e. The van der Waals surface area contributed by atoms with Crippen molar-refractivity contribution in [2.75, 3.05) is 26.2 Å². The van der Waals surface area contributed by atoms with E-state index >= 15 is 0 Å². The molecule has 2 rings (SSSR count). The van der Waals surface area contributed by atoms with E-state index in [-0.39, 0.29) is 49.8 Å². The Kier molecular flexibility index (Phi) is 4.58. The minimum Gasteiger partial charge on any atom is -0.508 e. The number of phenols is 1. The lowest BCUT2D eigenvalue weighted by Crippen LogP contribution is -2.43. The van der Waals surface area contributed by atoms with Gasteiger partial charge in [-0.15, -0.1) is 0 Å². The number of aromatic hydroxyl groups is 1. The second-order valence-corrected chi connectivity index (χ2v) is 4.99. The number of halogens is 3. The van der Waals surface area contributed by atoms with Gasteiger partial charge in [-0.2, -0.15) is 13.2 Å². The van der Waals surface area contributed by atoms with Gasteiger partial charge >= 0.3 is 12.1 Å². The third kappa shape index (κ3) is 3.69. The van der Waals surface area contributed by atoms with Crippen LogP contribution in [0.25, 0.3) is 0 Å². The molecule has 0 unspecified atom stereocenters. The predicted molar refractivity (Wildman–Crippen MR) is 71.3 cm³/mol. The average Bonchev–Trinajstić information content (AvgIpc) is 2.70. The van der Waals surface area contributed by atoms with Gasteiger partial charge < -0.3 is 14.9 Å². The van der Waals surface area contributed by atoms with Crippen LogP contribution in [-0.2, 0) is 4.79 Å². The first-order valence-electron chi connectivity index (χ1n) is 6.73. The van der Waals surface area contributed by atoms with E-state index < -0.39 is 12.1 Å². The Morgan fingerprint density at radius 3 is 2.32 bits per heavy atom. The molecule has 1 saturated heterocycles. The number of rotatable bonds is 1. The number of phenolic OH excluding ortho intramolecular Hbond substituents is 1. The number of hydrogen-bond acceptors (Lipinski definition) is 3. The molecule has 2 amide bonds. The van der Waals surface area contributed by atoms with Crippen molar-refractivity contribution in [3.05, 3.63) is 29.8 Å². The minimum absolute atomic E-state index is 0.0241. The number of alkyl halides is 3. The van der Waals surface area contributed by atoms with E-state index in [1.165, 1.54) is 29.2 Å². The fraction of sp³-hybridized carbons (Fsp3) is 0.429. The number of nitrogens with zero attached hydrogens (tertiary/aromatic N) is 2. The Labute approximate surface area is 124 Å². The lowest BCUT2D eigenvalue weighted by Gasteiger charge is -2.23. The van der Waals surface area contributed by atoms with Crippen molar-refractivity contribution in [1.82, 2.24) is 9.80 Å². The number of carbonyl (C=O) groups excluding carboxylic acids is 2. The first kappa shape index (κ1) is 16.1. The van der Waals surface area contributed by atoms with Crippen molar-refractivity contribution >= 4 is 11.8 Å². The molecular formula is C14H15F3N2O3. The van der Waals surface area contributed by atoms with Crippen LogP contribution in [0.1, 0.15) is 16.8 Å². The highest BCUT2D eigenvalue weighted by molar-refractivity contribution is 5.94. The third-order valence-corrected chi connectivity index (χ3v) is 3.41. The summed E-state index contributed by atoms with van der Waals surface area (Å²) in [6.45, 7) is 0.0809. The molecule has 0 bridgehead atoms. The van der Waals surface area contributed by atoms with Gasteiger partial charge in [0.1, 0.15) is 5.75 Å². The summed E-state index contributed by atoms with van der Waals surface area (Å²) in [5.41, 5.74) is 0.260. The monoisotopic (exact) mass is 316 g/mol. The van der Waals surface area contributed by atoms with Crippen LogP contribution in [0, 0.1) is 0 Å². The van der Waals surface area contributed by atoms with Gasteiger partial charge in [0.2, 0.25) is 0 Å². The van der Waals surface area contributed by atoms with E-state index in [1.807, 2.05) is 0 Å². The second kappa shape index (κ2) is 6.25. The summed E-state index contributed by atoms with van der Waals surface area (Å²) < 4.78 is 37.3. The van der Waals surface area contributed by atoms with Gasteiger partial charge in [0.25, 0.3) is 5.91 Å². The molecule has 1 aromatic carbocycles. The summed E-state index contributed by atoms with van der Waals surface area (Å²) >= 11 is 0. The maximum absolute atomic E-state index is 12.4. The van der Waals surface area contributed by atoms with Crippen LogP contribution >= 0.6 is 0 Å². The predicted octanol–water partition coefficient (Wildman–Crippen LogP) is 1.63. The Bertz CT molecular complexity index is 575. The Morgan fingerprint density at radius 2 is 1.68 bits per heavy atom. The lowest BCUT2D eigenvalue weighted by molar-refractivity contribution is -0.185. The van der Waals surface area contributed by atoms with Crippen molar-refractivity contribution < 1.29 is 27.9 Å². The third-order valence-electron chi connectivity index (χ3n) is 3.41. The van der Waals surface area contributed by atoms with Crippen molar-refractivity contribution in [1.29, 1.82) is 0 Å². The Hall–Kier alpha value is -2.25. The molecule has 22 heavy (non-hydrogen) atoms. The van der Waals surface area contributed by atoms with Crippen LogP contribution < -0.4 is 0 Å². The highest BCUT2D eigenvalue weighted by Gasteiger charge is 2.42. The molecule has 1 aliphatic rings. The van der Waals surface area contributed by atoms with E-state index in [0.717, 1.165) is 4.90 Å². The molecule has 0 spiro atoms. The second-order valence-electron chi connectivity index (χ2n) is 4.99. The zero-order chi connectivity index (χ0) is 16.3. The van der Waals surface area contributed by atoms with Crippen LogP contribution in [0.5, 0.6) is 5.75 Å². The SMILES string of the molecule is O=C(c1cccc(O)c1)N1CCCN(C(=O)C(F)(F)F)CC1. The molecule has 0 aliphatic carbocycles. The van der Waals surface area contributed by atoms with Crippen molar-refractivity contribution in [2.24, 2.45) is 0 Å². The van der Waals surface area contributed by atoms with Crippen molar-refractivity contribution in [2.45, 2.75) is 12.6 Å². The molecule has 0 saturated carbocycles. The molecule has 0 aromatic heterocycles. The number of benzene rings is 1. The van der Waals surface area contributed by atoms with E-state index in [2.05, 4.69) is 0 Å². The van der Waals surface area contributed by atoms with Crippen molar-refractivity contribution in [3.8, 4) is 5.75 Å². The molecule has 1 aromatic rings. The maximum Gasteiger partial charge on any atom is 0.471 e. The molecule has 1 heterocycles. The summed E-state index contributed by atoms with van der Waals surface area (Å²) in [5.74, 6) is -2.31. The molecule has 1 fully saturated rings. The van der Waals surface area contributed by atoms with Crippen molar-refractivity contribution in [3.63, 3.8) is 0 Å². The van der Waals surface area contributed by atoms with Crippen LogP contribution in [0.2, 0.25) is 0 Å². The van der Waals surface area contributed by atoms with Gasteiger partial charge in [0.05, 0.1) is 0 Å². The Morgan fingerprint density at radius 1 is 1.05 bits per heavy atom. The van der Waals surface area contributed by atoms with E-state index in [4.69, 9.17) is 0 Å². The summed E-state index contributed by atoms with van der Waals surface area (Å²) in [6.07, 6.45) is -4.63. The molecule has 120 valence electrons. The maximum atomic E-state index is 12.4. The molecule has 8 heteroatoms. The first-order chi connectivity index (χ1) is 10.3. The topological polar surface area (TPSA) is 60.9 Å². The van der Waals surface area contributed by atoms with Crippen LogP contribution in [-0.4, -0.2) is 59.1 Å². The van der Waals surface area contributed by atoms with Gasteiger partial charge in [0, 0.05) is 31.7 Å². The summed E-state index contributed by atoms with van der Waals surface area (Å²) in [5, 5.41) is 9.37. The molecule has 0 radical (unpaired) electrons. The van der Waals surface area contributed by atoms with Crippen LogP contribution in [0.3, 0.4) is 0 Å². The molecule has 5 nitrogen and oxygen atoms in total. The highest BCUT2D eigenvalue weighted by Crippen LogP contribution is 2.20. The standard InChI is InChI=1S/C14H15F3N2O3/c15-14(16,17)13(22)19-6-2-5-18(7-8-19)12(21)10-3-1-4-11(20)9-10/h1,3-4,9,20H,2,5-8H2. The largest absolute Gasteiger partial charge is 0.508 e. The molecular weight excluding hydrogens is 301 g/mol. The number of hydrogen-bond donors (Lipinski definition) is 1. The first-order valence-corrected chi connectivity index (χ1v) is 6.73. The zero-order valence-corrected chi connectivity index (χ0v) is 11.6. The fourth-order valence-electron chi connectivity index (χ4n) is 2.32. The Balaban J connectivity index is 2.04. The summed E-state index contributed by atoms with van der Waals surface area (Å²) in [4.78, 5) is 25.6. The van der Waals surface area contributed by atoms with Gasteiger partial charge in [-0.1, -0.05) is 6.07 Å². The molecule has 1 N–H and O–H groups in total. The summed E-state index contributed by atoms with van der Waals surface area (Å²) in [7, 11) is 0. The zero-order valence-electron chi connectivity index (χ0n) is 11.6. The molecule has 0 atom stereocenters. The quantitative estimate of drug-likeness (QED) is 0.856.